The third-order valence-corrected chi connectivity index (χ3v) is 10.3. The number of hydrogen-bond donors (Lipinski definition) is 0. The van der Waals surface area contributed by atoms with Crippen LogP contribution >= 0.6 is 11.8 Å². The number of rotatable bonds is 43. The topological polar surface area (TPSA) is 60.5 Å². The maximum absolute atomic E-state index is 12.1. The molecule has 0 fully saturated rings. The highest BCUT2D eigenvalue weighted by Gasteiger charge is 2.07. The molecule has 0 N–H and O–H groups in total. The Labute approximate surface area is 369 Å². The Balaban J connectivity index is -0.000000851. The molecule has 0 aliphatic heterocycles. The summed E-state index contributed by atoms with van der Waals surface area (Å²) in [7, 11) is 5.82. The van der Waals surface area contributed by atoms with Crippen molar-refractivity contribution >= 4 is 17.7 Å². The average molecular weight is 847 g/mol. The van der Waals surface area contributed by atoms with Crippen molar-refractivity contribution in [2.75, 3.05) is 79.5 Å². The van der Waals surface area contributed by atoms with Crippen molar-refractivity contribution < 1.29 is 23.8 Å². The second kappa shape index (κ2) is 60.4. The van der Waals surface area contributed by atoms with Crippen LogP contribution in [0, 0.1) is 0 Å². The molecule has 352 valence electrons. The van der Waals surface area contributed by atoms with Crippen molar-refractivity contribution in [2.45, 2.75) is 216 Å². The highest BCUT2D eigenvalue weighted by atomic mass is 32.2. The van der Waals surface area contributed by atoms with E-state index in [0.29, 0.717) is 39.5 Å². The number of esters is 1. The Morgan fingerprint density at radius 2 is 0.914 bits per heavy atom. The van der Waals surface area contributed by atoms with Gasteiger partial charge >= 0.3 is 5.97 Å². The molecule has 0 aliphatic rings. The van der Waals surface area contributed by atoms with Gasteiger partial charge in [-0.15, -0.1) is 0 Å². The molecule has 0 atom stereocenters. The summed E-state index contributed by atoms with van der Waals surface area (Å²) in [5, 5.41) is 1.76. The molecule has 0 radical (unpaired) electrons. The van der Waals surface area contributed by atoms with Crippen LogP contribution in [0.2, 0.25) is 0 Å². The van der Waals surface area contributed by atoms with E-state index in [1.165, 1.54) is 166 Å². The largest absolute Gasteiger partial charge is 0.464 e. The fourth-order valence-corrected chi connectivity index (χ4v) is 6.58. The SMILES string of the molecule is C.C.C.CCCCCCCC/C=C\CCCCCCCCOCOCCN(CCOC(=O)CCCCCCC/C=C\CCCCCCCC)OC.CSCCN(C)C. The van der Waals surface area contributed by atoms with E-state index in [4.69, 9.17) is 19.0 Å². The zero-order valence-electron chi connectivity index (χ0n) is 37.6. The summed E-state index contributed by atoms with van der Waals surface area (Å²) >= 11 is 1.89. The van der Waals surface area contributed by atoms with Crippen molar-refractivity contribution in [3.8, 4) is 0 Å². The van der Waals surface area contributed by atoms with Gasteiger partial charge in [0.05, 0.1) is 20.3 Å². The normalized spacial score (nSPS) is 11.1. The summed E-state index contributed by atoms with van der Waals surface area (Å²) in [6, 6.07) is 0. The monoisotopic (exact) mass is 847 g/mol. The Kier molecular flexibility index (Phi) is 69.0. The van der Waals surface area contributed by atoms with E-state index in [1.54, 1.807) is 12.2 Å². The van der Waals surface area contributed by atoms with Gasteiger partial charge in [-0.25, -0.2) is 0 Å². The van der Waals surface area contributed by atoms with Crippen LogP contribution in [0.3, 0.4) is 0 Å². The zero-order valence-corrected chi connectivity index (χ0v) is 38.4. The molecule has 0 rings (SSSR count). The van der Waals surface area contributed by atoms with Crippen LogP contribution in [-0.2, 0) is 23.8 Å². The van der Waals surface area contributed by atoms with Gasteiger partial charge in [-0.05, 0) is 84.6 Å². The smallest absolute Gasteiger partial charge is 0.305 e. The molecule has 0 saturated carbocycles. The minimum absolute atomic E-state index is 0. The Bertz CT molecular complexity index is 783. The van der Waals surface area contributed by atoms with E-state index in [2.05, 4.69) is 63.4 Å². The maximum Gasteiger partial charge on any atom is 0.305 e. The highest BCUT2D eigenvalue weighted by molar-refractivity contribution is 7.98. The predicted octanol–water partition coefficient (Wildman–Crippen LogP) is 15.3. The van der Waals surface area contributed by atoms with Gasteiger partial charge in [0.1, 0.15) is 13.4 Å². The summed E-state index contributed by atoms with van der Waals surface area (Å²) in [6.07, 6.45) is 46.8. The fourth-order valence-electron chi connectivity index (χ4n) is 6.04. The second-order valence-corrected chi connectivity index (χ2v) is 16.3. The number of carbonyl (C=O) groups excluding carboxylic acids is 1. The first-order valence-corrected chi connectivity index (χ1v) is 24.4. The van der Waals surface area contributed by atoms with Crippen molar-refractivity contribution in [3.05, 3.63) is 24.3 Å². The summed E-state index contributed by atoms with van der Waals surface area (Å²) < 4.78 is 16.6. The summed E-state index contributed by atoms with van der Waals surface area (Å²) in [4.78, 5) is 19.6. The van der Waals surface area contributed by atoms with E-state index in [0.717, 1.165) is 25.9 Å². The molecule has 0 amide bonds. The third kappa shape index (κ3) is 61.8. The lowest BCUT2D eigenvalue weighted by Gasteiger charge is -2.19. The van der Waals surface area contributed by atoms with Crippen LogP contribution in [0.1, 0.15) is 216 Å². The number of nitrogens with zero attached hydrogens (tertiary/aromatic N) is 2. The summed E-state index contributed by atoms with van der Waals surface area (Å²) in [6.45, 7) is 8.81. The molecular weight excluding hydrogens is 741 g/mol. The van der Waals surface area contributed by atoms with Gasteiger partial charge < -0.3 is 23.9 Å². The number of ether oxygens (including phenoxy) is 3. The van der Waals surface area contributed by atoms with E-state index >= 15 is 0 Å². The molecule has 0 aromatic rings. The van der Waals surface area contributed by atoms with E-state index < -0.39 is 0 Å². The average Bonchev–Trinajstić information content (AvgIpc) is 3.18. The van der Waals surface area contributed by atoms with Gasteiger partial charge in [0.15, 0.2) is 0 Å². The maximum atomic E-state index is 12.1. The fraction of sp³-hybridized carbons (Fsp3) is 0.900. The Morgan fingerprint density at radius 1 is 0.517 bits per heavy atom. The van der Waals surface area contributed by atoms with Crippen molar-refractivity contribution in [2.24, 2.45) is 0 Å². The molecule has 0 spiro atoms. The molecule has 8 heteroatoms. The van der Waals surface area contributed by atoms with Crippen LogP contribution in [0.25, 0.3) is 0 Å². The quantitative estimate of drug-likeness (QED) is 0.0198. The second-order valence-electron chi connectivity index (χ2n) is 15.3. The summed E-state index contributed by atoms with van der Waals surface area (Å²) in [5.74, 6) is 1.13. The van der Waals surface area contributed by atoms with Crippen molar-refractivity contribution in [3.63, 3.8) is 0 Å². The molecule has 0 saturated heterocycles. The minimum atomic E-state index is -0.112. The standard InChI is InChI=1S/C42H81NO5.C5H13NS.3CH4/c1-4-6-8-10-12-14-16-18-20-22-24-26-28-30-32-34-38-46-41-47-39-36-43(45-3)37-40-48-42(44)35-33-31-29-27-25-23-21-19-17-15-13-11-9-7-5-2;1-6(2)4-5-7-3;;;/h18-21H,4-17,22-41H2,1-3H3;4-5H2,1-3H3;3*1H4/b20-18-,21-19-;;;;. The first-order valence-electron chi connectivity index (χ1n) is 23.0. The molecule has 0 unspecified atom stereocenters. The minimum Gasteiger partial charge on any atom is -0.464 e. The van der Waals surface area contributed by atoms with Crippen LogP contribution in [0.5, 0.6) is 0 Å². The Morgan fingerprint density at radius 3 is 1.33 bits per heavy atom. The number of carbonyl (C=O) groups is 1. The molecule has 0 aliphatic carbocycles. The molecule has 7 nitrogen and oxygen atoms in total. The van der Waals surface area contributed by atoms with Crippen molar-refractivity contribution in [1.82, 2.24) is 9.96 Å². The van der Waals surface area contributed by atoms with Crippen LogP contribution in [0.4, 0.5) is 0 Å². The van der Waals surface area contributed by atoms with Crippen LogP contribution in [0.15, 0.2) is 24.3 Å². The lowest BCUT2D eigenvalue weighted by atomic mass is 10.1. The molecule has 0 heterocycles. The van der Waals surface area contributed by atoms with Crippen LogP contribution in [-0.4, -0.2) is 95.4 Å². The molecular formula is C50H106N2O5S. The molecule has 0 aromatic heterocycles. The van der Waals surface area contributed by atoms with E-state index in [9.17, 15) is 4.79 Å². The third-order valence-electron chi connectivity index (χ3n) is 9.70. The predicted molar refractivity (Wildman–Crippen MR) is 262 cm³/mol. The number of allylic oxidation sites excluding steroid dienone is 4. The lowest BCUT2D eigenvalue weighted by Crippen LogP contribution is -2.31. The number of thioether (sulfide) groups is 1. The van der Waals surface area contributed by atoms with Crippen LogP contribution < -0.4 is 0 Å². The molecule has 0 aromatic carbocycles. The first-order chi connectivity index (χ1) is 27.0. The molecule has 58 heavy (non-hydrogen) atoms. The van der Waals surface area contributed by atoms with E-state index in [-0.39, 0.29) is 28.2 Å². The van der Waals surface area contributed by atoms with Gasteiger partial charge in [0, 0.05) is 31.9 Å². The van der Waals surface area contributed by atoms with Gasteiger partial charge in [0.2, 0.25) is 0 Å². The van der Waals surface area contributed by atoms with E-state index in [1.807, 2.05) is 11.8 Å². The zero-order chi connectivity index (χ0) is 40.6. The van der Waals surface area contributed by atoms with Gasteiger partial charge in [-0.1, -0.05) is 170 Å². The van der Waals surface area contributed by atoms with Gasteiger partial charge in [-0.2, -0.15) is 16.8 Å². The highest BCUT2D eigenvalue weighted by Crippen LogP contribution is 2.12. The van der Waals surface area contributed by atoms with Crippen molar-refractivity contribution in [1.29, 1.82) is 0 Å². The molecule has 0 bridgehead atoms. The first kappa shape index (κ1) is 66.2. The number of hydroxylamine groups is 2. The number of unbranched alkanes of at least 4 members (excludes halogenated alkanes) is 23. The lowest BCUT2D eigenvalue weighted by molar-refractivity contribution is -0.164. The van der Waals surface area contributed by atoms with Gasteiger partial charge in [0.25, 0.3) is 0 Å². The number of hydrogen-bond acceptors (Lipinski definition) is 8. The van der Waals surface area contributed by atoms with Gasteiger partial charge in [-0.3, -0.25) is 4.79 Å². The Hall–Kier alpha value is -0.900. The summed E-state index contributed by atoms with van der Waals surface area (Å²) in [5.41, 5.74) is 0.